The number of carbonyl (C=O) groups excluding carboxylic acids is 3. The van der Waals surface area contributed by atoms with Crippen LogP contribution in [0.3, 0.4) is 0 Å². The molecule has 0 atom stereocenters. The van der Waals surface area contributed by atoms with Crippen molar-refractivity contribution in [3.05, 3.63) is 78.3 Å². The fraction of sp³-hybridized carbons (Fsp3) is 0.136. The minimum atomic E-state index is -0.355. The van der Waals surface area contributed by atoms with E-state index in [0.717, 1.165) is 0 Å². The van der Waals surface area contributed by atoms with Crippen molar-refractivity contribution >= 4 is 34.8 Å². The van der Waals surface area contributed by atoms with Crippen molar-refractivity contribution < 1.29 is 18.8 Å². The van der Waals surface area contributed by atoms with Crippen LogP contribution >= 0.6 is 0 Å². The van der Waals surface area contributed by atoms with Crippen molar-refractivity contribution in [3.8, 4) is 0 Å². The molecule has 0 spiro atoms. The van der Waals surface area contributed by atoms with Crippen LogP contribution in [-0.2, 0) is 4.79 Å². The standard InChI is InChI=1S/C22H22N4O4/c1-26(2)22(29)15-8-10-16(11-9-15)24-20(27)14-23-17-5-3-6-18(13-17)25-21(28)19-7-4-12-30-19/h3-13,23H,14H2,1-2H3,(H,24,27)(H,25,28). The number of nitrogens with one attached hydrogen (secondary N) is 3. The molecule has 3 N–H and O–H groups in total. The summed E-state index contributed by atoms with van der Waals surface area (Å²) in [4.78, 5) is 37.6. The molecule has 1 aromatic heterocycles. The molecule has 0 unspecified atom stereocenters. The second-order valence-corrected chi connectivity index (χ2v) is 6.69. The van der Waals surface area contributed by atoms with Crippen LogP contribution in [0.4, 0.5) is 17.1 Å². The molecule has 0 aliphatic heterocycles. The number of anilines is 3. The van der Waals surface area contributed by atoms with E-state index in [2.05, 4.69) is 16.0 Å². The first kappa shape index (κ1) is 20.7. The molecule has 0 aliphatic carbocycles. The van der Waals surface area contributed by atoms with Gasteiger partial charge in [-0.1, -0.05) is 6.07 Å². The van der Waals surface area contributed by atoms with Gasteiger partial charge in [-0.3, -0.25) is 14.4 Å². The zero-order valence-corrected chi connectivity index (χ0v) is 16.6. The zero-order chi connectivity index (χ0) is 21.5. The molecule has 30 heavy (non-hydrogen) atoms. The molecule has 2 aromatic carbocycles. The van der Waals surface area contributed by atoms with Crippen LogP contribution in [-0.4, -0.2) is 43.3 Å². The highest BCUT2D eigenvalue weighted by Crippen LogP contribution is 2.16. The number of rotatable bonds is 7. The van der Waals surface area contributed by atoms with Gasteiger partial charge in [0.2, 0.25) is 5.91 Å². The lowest BCUT2D eigenvalue weighted by Crippen LogP contribution is -2.23. The summed E-state index contributed by atoms with van der Waals surface area (Å²) in [5, 5.41) is 8.50. The quantitative estimate of drug-likeness (QED) is 0.559. The Kier molecular flexibility index (Phi) is 6.49. The molecular weight excluding hydrogens is 384 g/mol. The normalized spacial score (nSPS) is 10.2. The molecular formula is C22H22N4O4. The van der Waals surface area contributed by atoms with Gasteiger partial charge in [0.05, 0.1) is 12.8 Å². The van der Waals surface area contributed by atoms with Crippen molar-refractivity contribution in [2.75, 3.05) is 36.6 Å². The average molecular weight is 406 g/mol. The van der Waals surface area contributed by atoms with Crippen LogP contribution in [0.25, 0.3) is 0 Å². The van der Waals surface area contributed by atoms with Gasteiger partial charge in [0.1, 0.15) is 0 Å². The fourth-order valence-corrected chi connectivity index (χ4v) is 2.65. The molecule has 0 fully saturated rings. The first-order valence-corrected chi connectivity index (χ1v) is 9.23. The Balaban J connectivity index is 1.52. The third-order valence-corrected chi connectivity index (χ3v) is 4.14. The Morgan fingerprint density at radius 1 is 0.867 bits per heavy atom. The van der Waals surface area contributed by atoms with Gasteiger partial charge in [-0.2, -0.15) is 0 Å². The van der Waals surface area contributed by atoms with Gasteiger partial charge in [-0.15, -0.1) is 0 Å². The van der Waals surface area contributed by atoms with E-state index < -0.39 is 0 Å². The predicted octanol–water partition coefficient (Wildman–Crippen LogP) is 3.28. The maximum Gasteiger partial charge on any atom is 0.291 e. The number of amides is 3. The number of benzene rings is 2. The highest BCUT2D eigenvalue weighted by atomic mass is 16.3. The van der Waals surface area contributed by atoms with E-state index in [1.165, 1.54) is 11.2 Å². The number of nitrogens with zero attached hydrogens (tertiary/aromatic N) is 1. The first-order valence-electron chi connectivity index (χ1n) is 9.23. The van der Waals surface area contributed by atoms with Crippen molar-refractivity contribution in [3.63, 3.8) is 0 Å². The molecule has 0 saturated carbocycles. The van der Waals surface area contributed by atoms with Crippen LogP contribution in [0.2, 0.25) is 0 Å². The monoisotopic (exact) mass is 406 g/mol. The Hall–Kier alpha value is -4.07. The highest BCUT2D eigenvalue weighted by molar-refractivity contribution is 6.02. The second kappa shape index (κ2) is 9.42. The van der Waals surface area contributed by atoms with Gasteiger partial charge in [0.15, 0.2) is 5.76 Å². The summed E-state index contributed by atoms with van der Waals surface area (Å²) in [5.41, 5.74) is 2.39. The molecule has 154 valence electrons. The van der Waals surface area contributed by atoms with Gasteiger partial charge in [0, 0.05) is 36.7 Å². The molecule has 8 heteroatoms. The van der Waals surface area contributed by atoms with Crippen molar-refractivity contribution in [2.45, 2.75) is 0 Å². The Morgan fingerprint density at radius 2 is 1.60 bits per heavy atom. The highest BCUT2D eigenvalue weighted by Gasteiger charge is 2.10. The van der Waals surface area contributed by atoms with Gasteiger partial charge >= 0.3 is 0 Å². The minimum absolute atomic E-state index is 0.0357. The Labute approximate surface area is 173 Å². The maximum absolute atomic E-state index is 12.2. The number of furan rings is 1. The molecule has 3 amide bonds. The number of hydrogen-bond acceptors (Lipinski definition) is 5. The Bertz CT molecular complexity index is 1030. The molecule has 0 radical (unpaired) electrons. The van der Waals surface area contributed by atoms with E-state index in [9.17, 15) is 14.4 Å². The summed E-state index contributed by atoms with van der Waals surface area (Å²) in [5.74, 6) is -0.489. The van der Waals surface area contributed by atoms with Gasteiger partial charge < -0.3 is 25.3 Å². The molecule has 0 aliphatic rings. The zero-order valence-electron chi connectivity index (χ0n) is 16.6. The van der Waals surface area contributed by atoms with E-state index in [4.69, 9.17) is 4.42 Å². The number of carbonyl (C=O) groups is 3. The van der Waals surface area contributed by atoms with Crippen LogP contribution in [0.15, 0.2) is 71.3 Å². The number of hydrogen-bond donors (Lipinski definition) is 3. The third kappa shape index (κ3) is 5.48. The smallest absolute Gasteiger partial charge is 0.291 e. The summed E-state index contributed by atoms with van der Waals surface area (Å²) >= 11 is 0. The van der Waals surface area contributed by atoms with E-state index in [1.807, 2.05) is 0 Å². The molecule has 0 saturated heterocycles. The predicted molar refractivity (Wildman–Crippen MR) is 115 cm³/mol. The molecule has 3 aromatic rings. The van der Waals surface area contributed by atoms with Crippen molar-refractivity contribution in [1.29, 1.82) is 0 Å². The van der Waals surface area contributed by atoms with Crippen LogP contribution in [0.1, 0.15) is 20.9 Å². The van der Waals surface area contributed by atoms with E-state index in [1.54, 1.807) is 74.8 Å². The summed E-state index contributed by atoms with van der Waals surface area (Å²) in [6.07, 6.45) is 1.43. The molecule has 8 nitrogen and oxygen atoms in total. The first-order chi connectivity index (χ1) is 14.4. The van der Waals surface area contributed by atoms with Gasteiger partial charge in [-0.25, -0.2) is 0 Å². The van der Waals surface area contributed by atoms with Crippen LogP contribution in [0, 0.1) is 0 Å². The lowest BCUT2D eigenvalue weighted by Gasteiger charge is -2.12. The van der Waals surface area contributed by atoms with E-state index in [-0.39, 0.29) is 30.0 Å². The topological polar surface area (TPSA) is 104 Å². The molecule has 1 heterocycles. The fourth-order valence-electron chi connectivity index (χ4n) is 2.65. The maximum atomic E-state index is 12.2. The van der Waals surface area contributed by atoms with E-state index in [0.29, 0.717) is 22.6 Å². The average Bonchev–Trinajstić information content (AvgIpc) is 3.28. The van der Waals surface area contributed by atoms with Crippen molar-refractivity contribution in [1.82, 2.24) is 4.90 Å². The van der Waals surface area contributed by atoms with Gasteiger partial charge in [0.25, 0.3) is 11.8 Å². The Morgan fingerprint density at radius 3 is 2.27 bits per heavy atom. The van der Waals surface area contributed by atoms with Crippen LogP contribution in [0.5, 0.6) is 0 Å². The summed E-state index contributed by atoms with van der Waals surface area (Å²) < 4.78 is 5.06. The largest absolute Gasteiger partial charge is 0.459 e. The van der Waals surface area contributed by atoms with Crippen molar-refractivity contribution in [2.24, 2.45) is 0 Å². The third-order valence-electron chi connectivity index (χ3n) is 4.14. The van der Waals surface area contributed by atoms with Gasteiger partial charge in [-0.05, 0) is 54.6 Å². The lowest BCUT2D eigenvalue weighted by molar-refractivity contribution is -0.114. The van der Waals surface area contributed by atoms with E-state index >= 15 is 0 Å². The molecule has 0 bridgehead atoms. The minimum Gasteiger partial charge on any atom is -0.459 e. The molecule has 3 rings (SSSR count). The summed E-state index contributed by atoms with van der Waals surface area (Å²) in [6.45, 7) is 0.0357. The van der Waals surface area contributed by atoms with Crippen LogP contribution < -0.4 is 16.0 Å². The lowest BCUT2D eigenvalue weighted by atomic mass is 10.2. The second-order valence-electron chi connectivity index (χ2n) is 6.69. The summed E-state index contributed by atoms with van der Waals surface area (Å²) in [7, 11) is 3.36. The summed E-state index contributed by atoms with van der Waals surface area (Å²) in [6, 6.07) is 16.9. The SMILES string of the molecule is CN(C)C(=O)c1ccc(NC(=O)CNc2cccc(NC(=O)c3ccco3)c2)cc1.